The van der Waals surface area contributed by atoms with Crippen molar-refractivity contribution < 1.29 is 14.3 Å². The van der Waals surface area contributed by atoms with E-state index in [1.807, 2.05) is 62.4 Å². The van der Waals surface area contributed by atoms with Crippen molar-refractivity contribution in [3.8, 4) is 0 Å². The second-order valence-corrected chi connectivity index (χ2v) is 6.98. The summed E-state index contributed by atoms with van der Waals surface area (Å²) in [5.74, 6) is -0.740. The van der Waals surface area contributed by atoms with Crippen molar-refractivity contribution in [3.05, 3.63) is 106 Å². The fourth-order valence-electron chi connectivity index (χ4n) is 2.93. The molecule has 3 aromatic carbocycles. The SMILES string of the molecule is CCc1ccc(C(=O)O[C@H](C(=O)c2ccc(C)cc2)c2ccc(C)cc2)cc1. The largest absolute Gasteiger partial charge is 0.445 e. The van der Waals surface area contributed by atoms with Gasteiger partial charge in [-0.05, 0) is 38.0 Å². The summed E-state index contributed by atoms with van der Waals surface area (Å²) >= 11 is 0. The predicted octanol–water partition coefficient (Wildman–Crippen LogP) is 5.65. The summed E-state index contributed by atoms with van der Waals surface area (Å²) in [6.07, 6.45) is -0.0885. The number of aryl methyl sites for hydroxylation is 3. The zero-order valence-corrected chi connectivity index (χ0v) is 16.4. The monoisotopic (exact) mass is 372 g/mol. The van der Waals surface area contributed by atoms with Gasteiger partial charge >= 0.3 is 5.97 Å². The molecule has 0 amide bonds. The van der Waals surface area contributed by atoms with E-state index in [4.69, 9.17) is 4.74 Å². The Morgan fingerprint density at radius 3 is 1.79 bits per heavy atom. The van der Waals surface area contributed by atoms with Gasteiger partial charge in [-0.1, -0.05) is 78.7 Å². The first-order valence-corrected chi connectivity index (χ1v) is 9.45. The summed E-state index contributed by atoms with van der Waals surface area (Å²) in [5, 5.41) is 0. The summed E-state index contributed by atoms with van der Waals surface area (Å²) in [6, 6.07) is 22.1. The first-order chi connectivity index (χ1) is 13.5. The highest BCUT2D eigenvalue weighted by molar-refractivity contribution is 6.02. The van der Waals surface area contributed by atoms with E-state index >= 15 is 0 Å². The van der Waals surface area contributed by atoms with Gasteiger partial charge in [0.2, 0.25) is 5.78 Å². The van der Waals surface area contributed by atoms with Crippen molar-refractivity contribution >= 4 is 11.8 Å². The van der Waals surface area contributed by atoms with E-state index in [1.54, 1.807) is 24.3 Å². The van der Waals surface area contributed by atoms with Gasteiger partial charge in [0, 0.05) is 11.1 Å². The lowest BCUT2D eigenvalue weighted by Gasteiger charge is -2.18. The number of Topliss-reactive ketones (excluding diaryl/α,β-unsaturated/α-hetero) is 1. The molecule has 28 heavy (non-hydrogen) atoms. The quantitative estimate of drug-likeness (QED) is 0.415. The van der Waals surface area contributed by atoms with Gasteiger partial charge in [-0.25, -0.2) is 4.79 Å². The number of carbonyl (C=O) groups excluding carboxylic acids is 2. The summed E-state index contributed by atoms with van der Waals surface area (Å²) in [4.78, 5) is 25.8. The Hall–Kier alpha value is -3.20. The van der Waals surface area contributed by atoms with Crippen LogP contribution in [0.2, 0.25) is 0 Å². The fraction of sp³-hybridized carbons (Fsp3) is 0.200. The maximum Gasteiger partial charge on any atom is 0.339 e. The molecule has 0 fully saturated rings. The smallest absolute Gasteiger partial charge is 0.339 e. The highest BCUT2D eigenvalue weighted by Crippen LogP contribution is 2.25. The molecule has 0 saturated carbocycles. The van der Waals surface area contributed by atoms with Crippen LogP contribution in [0.5, 0.6) is 0 Å². The molecular weight excluding hydrogens is 348 g/mol. The second kappa shape index (κ2) is 8.66. The molecule has 142 valence electrons. The summed E-state index contributed by atoms with van der Waals surface area (Å²) < 4.78 is 5.69. The van der Waals surface area contributed by atoms with Crippen LogP contribution in [0, 0.1) is 13.8 Å². The number of benzene rings is 3. The van der Waals surface area contributed by atoms with E-state index in [0.717, 1.165) is 23.1 Å². The Balaban J connectivity index is 1.91. The lowest BCUT2D eigenvalue weighted by atomic mass is 9.98. The van der Waals surface area contributed by atoms with Crippen LogP contribution in [-0.4, -0.2) is 11.8 Å². The number of hydrogen-bond acceptors (Lipinski definition) is 3. The number of ether oxygens (including phenoxy) is 1. The van der Waals surface area contributed by atoms with E-state index in [9.17, 15) is 9.59 Å². The van der Waals surface area contributed by atoms with Crippen molar-refractivity contribution in [1.29, 1.82) is 0 Å². The Labute approximate surface area is 166 Å². The maximum absolute atomic E-state index is 13.1. The molecule has 0 N–H and O–H groups in total. The molecule has 0 aromatic heterocycles. The molecule has 0 saturated heterocycles. The highest BCUT2D eigenvalue weighted by Gasteiger charge is 2.26. The third kappa shape index (κ3) is 4.55. The van der Waals surface area contributed by atoms with Crippen molar-refractivity contribution in [2.24, 2.45) is 0 Å². The van der Waals surface area contributed by atoms with Crippen LogP contribution < -0.4 is 0 Å². The third-order valence-electron chi connectivity index (χ3n) is 4.78. The van der Waals surface area contributed by atoms with Gasteiger partial charge in [-0.2, -0.15) is 0 Å². The van der Waals surface area contributed by atoms with Crippen LogP contribution in [0.25, 0.3) is 0 Å². The molecule has 0 bridgehead atoms. The van der Waals surface area contributed by atoms with E-state index in [2.05, 4.69) is 6.92 Å². The molecular formula is C25H24O3. The van der Waals surface area contributed by atoms with Gasteiger partial charge in [0.15, 0.2) is 6.10 Å². The van der Waals surface area contributed by atoms with E-state index in [-0.39, 0.29) is 5.78 Å². The van der Waals surface area contributed by atoms with Crippen molar-refractivity contribution in [2.45, 2.75) is 33.3 Å². The van der Waals surface area contributed by atoms with Gasteiger partial charge in [-0.15, -0.1) is 0 Å². The zero-order chi connectivity index (χ0) is 20.1. The Morgan fingerprint density at radius 1 is 0.750 bits per heavy atom. The topological polar surface area (TPSA) is 43.4 Å². The van der Waals surface area contributed by atoms with Crippen molar-refractivity contribution in [3.63, 3.8) is 0 Å². The molecule has 3 rings (SSSR count). The van der Waals surface area contributed by atoms with Crippen LogP contribution in [0.3, 0.4) is 0 Å². The van der Waals surface area contributed by atoms with Gasteiger partial charge in [0.25, 0.3) is 0 Å². The molecule has 3 nitrogen and oxygen atoms in total. The van der Waals surface area contributed by atoms with Crippen LogP contribution in [-0.2, 0) is 11.2 Å². The zero-order valence-electron chi connectivity index (χ0n) is 16.4. The van der Waals surface area contributed by atoms with Gasteiger partial charge in [-0.3, -0.25) is 4.79 Å². The number of carbonyl (C=O) groups is 2. The lowest BCUT2D eigenvalue weighted by molar-refractivity contribution is 0.0280. The van der Waals surface area contributed by atoms with E-state index in [1.165, 1.54) is 0 Å². The number of esters is 1. The van der Waals surface area contributed by atoms with E-state index < -0.39 is 12.1 Å². The minimum atomic E-state index is -0.985. The molecule has 0 aliphatic rings. The van der Waals surface area contributed by atoms with Crippen molar-refractivity contribution in [1.82, 2.24) is 0 Å². The average Bonchev–Trinajstić information content (AvgIpc) is 2.73. The molecule has 0 aliphatic carbocycles. The molecule has 0 heterocycles. The third-order valence-corrected chi connectivity index (χ3v) is 4.78. The maximum atomic E-state index is 13.1. The van der Waals surface area contributed by atoms with Crippen LogP contribution in [0.4, 0.5) is 0 Å². The second-order valence-electron chi connectivity index (χ2n) is 6.98. The molecule has 0 spiro atoms. The summed E-state index contributed by atoms with van der Waals surface area (Å²) in [7, 11) is 0. The highest BCUT2D eigenvalue weighted by atomic mass is 16.5. The Morgan fingerprint density at radius 2 is 1.25 bits per heavy atom. The minimum Gasteiger partial charge on any atom is -0.445 e. The number of hydrogen-bond donors (Lipinski definition) is 0. The standard InChI is InChI=1S/C25H24O3/c1-4-19-9-15-22(16-10-19)25(27)28-24(21-13-7-18(3)8-14-21)23(26)20-11-5-17(2)6-12-20/h5-16,24H,4H2,1-3H3/t24-/m0/s1. The number of rotatable bonds is 6. The molecule has 0 unspecified atom stereocenters. The molecule has 3 heteroatoms. The average molecular weight is 372 g/mol. The number of ketones is 1. The summed E-state index contributed by atoms with van der Waals surface area (Å²) in [5.41, 5.74) is 4.90. The van der Waals surface area contributed by atoms with E-state index in [0.29, 0.717) is 16.7 Å². The normalized spacial score (nSPS) is 11.7. The Bertz CT molecular complexity index is 952. The molecule has 1 atom stereocenters. The minimum absolute atomic E-state index is 0.234. The first-order valence-electron chi connectivity index (χ1n) is 9.45. The van der Waals surface area contributed by atoms with Crippen LogP contribution in [0.1, 0.15) is 56.0 Å². The molecule has 0 aliphatic heterocycles. The van der Waals surface area contributed by atoms with Crippen LogP contribution in [0.15, 0.2) is 72.8 Å². The van der Waals surface area contributed by atoms with Gasteiger partial charge < -0.3 is 4.74 Å². The predicted molar refractivity (Wildman–Crippen MR) is 111 cm³/mol. The molecule has 0 radical (unpaired) electrons. The molecule has 3 aromatic rings. The fourth-order valence-corrected chi connectivity index (χ4v) is 2.93. The summed E-state index contributed by atoms with van der Waals surface area (Å²) in [6.45, 7) is 5.99. The van der Waals surface area contributed by atoms with Gasteiger partial charge in [0.1, 0.15) is 0 Å². The first kappa shape index (κ1) is 19.6. The van der Waals surface area contributed by atoms with Crippen LogP contribution >= 0.6 is 0 Å². The van der Waals surface area contributed by atoms with Crippen molar-refractivity contribution in [2.75, 3.05) is 0 Å². The van der Waals surface area contributed by atoms with Gasteiger partial charge in [0.05, 0.1) is 5.56 Å². The lowest BCUT2D eigenvalue weighted by Crippen LogP contribution is -2.20. The Kier molecular flexibility index (Phi) is 6.05.